The van der Waals surface area contributed by atoms with Crippen LogP contribution in [0.2, 0.25) is 5.02 Å². The first-order valence-electron chi connectivity index (χ1n) is 10.1. The van der Waals surface area contributed by atoms with Crippen molar-refractivity contribution in [2.24, 2.45) is 0 Å². The van der Waals surface area contributed by atoms with Crippen molar-refractivity contribution in [3.05, 3.63) is 51.6 Å². The van der Waals surface area contributed by atoms with Crippen molar-refractivity contribution in [1.82, 2.24) is 9.88 Å². The Morgan fingerprint density at radius 2 is 2.06 bits per heavy atom. The molecule has 1 aromatic heterocycles. The van der Waals surface area contributed by atoms with Crippen LogP contribution >= 0.6 is 39.3 Å². The van der Waals surface area contributed by atoms with Crippen LogP contribution < -0.4 is 14.8 Å². The quantitative estimate of drug-likeness (QED) is 0.417. The molecule has 2 aromatic carbocycles. The van der Waals surface area contributed by atoms with Crippen LogP contribution in [0.3, 0.4) is 0 Å². The molecule has 4 rings (SSSR count). The zero-order valence-electron chi connectivity index (χ0n) is 17.5. The first-order chi connectivity index (χ1) is 15.6. The summed E-state index contributed by atoms with van der Waals surface area (Å²) in [4.78, 5) is 6.89. The average Bonchev–Trinajstić information content (AvgIpc) is 2.81. The van der Waals surface area contributed by atoms with Gasteiger partial charge in [0.05, 0.1) is 29.6 Å². The summed E-state index contributed by atoms with van der Waals surface area (Å²) in [6, 6.07) is 11.4. The summed E-state index contributed by atoms with van der Waals surface area (Å²) < 4.78 is 12.5. The minimum absolute atomic E-state index is 0.429. The van der Waals surface area contributed by atoms with Gasteiger partial charge in [-0.1, -0.05) is 11.6 Å². The number of hydrogen-bond donors (Lipinski definition) is 1. The van der Waals surface area contributed by atoms with Crippen LogP contribution in [0.4, 0.5) is 11.4 Å². The minimum atomic E-state index is 0.429. The second-order valence-electron chi connectivity index (χ2n) is 7.23. The molecule has 166 valence electrons. The molecule has 0 unspecified atom stereocenters. The number of nitrogens with one attached hydrogen (secondary N) is 1. The number of halogens is 2. The maximum atomic E-state index is 9.67. The Labute approximate surface area is 205 Å². The number of aromatic nitrogens is 1. The Morgan fingerprint density at radius 1 is 1.25 bits per heavy atom. The Morgan fingerprint density at radius 3 is 2.78 bits per heavy atom. The molecule has 1 N–H and O–H groups in total. The Hall–Kier alpha value is -2.18. The topological polar surface area (TPSA) is 70.4 Å². The molecule has 0 atom stereocenters. The second-order valence-corrected chi connectivity index (χ2v) is 9.75. The lowest BCUT2D eigenvalue weighted by Crippen LogP contribution is -2.35. The first kappa shape index (κ1) is 23.0. The van der Waals surface area contributed by atoms with Crippen molar-refractivity contribution >= 4 is 61.6 Å². The van der Waals surface area contributed by atoms with Crippen LogP contribution in [0.1, 0.15) is 5.56 Å². The highest BCUT2D eigenvalue weighted by atomic mass is 79.9. The third-order valence-corrected chi connectivity index (χ3v) is 7.07. The number of anilines is 2. The number of nitriles is 1. The molecule has 32 heavy (non-hydrogen) atoms. The van der Waals surface area contributed by atoms with E-state index in [2.05, 4.69) is 37.2 Å². The van der Waals surface area contributed by atoms with E-state index in [0.29, 0.717) is 39.9 Å². The van der Waals surface area contributed by atoms with Crippen LogP contribution in [0, 0.1) is 11.3 Å². The fourth-order valence-electron chi connectivity index (χ4n) is 3.53. The van der Waals surface area contributed by atoms with Gasteiger partial charge in [0, 0.05) is 58.3 Å². The molecule has 6 nitrogen and oxygen atoms in total. The summed E-state index contributed by atoms with van der Waals surface area (Å²) in [5.74, 6) is 3.58. The Balaban J connectivity index is 1.64. The molecule has 1 aliphatic rings. The number of nitrogens with zero attached hydrogens (tertiary/aromatic N) is 3. The van der Waals surface area contributed by atoms with E-state index in [4.69, 9.17) is 21.1 Å². The molecular weight excluding hydrogens is 512 g/mol. The Bertz CT molecular complexity index is 1160. The smallest absolute Gasteiger partial charge is 0.163 e. The molecule has 0 amide bonds. The van der Waals surface area contributed by atoms with Crippen molar-refractivity contribution in [2.45, 2.75) is 0 Å². The zero-order chi connectivity index (χ0) is 22.5. The largest absolute Gasteiger partial charge is 0.493 e. The predicted molar refractivity (Wildman–Crippen MR) is 135 cm³/mol. The molecule has 9 heteroatoms. The lowest BCUT2D eigenvalue weighted by Gasteiger charge is -2.26. The summed E-state index contributed by atoms with van der Waals surface area (Å²) in [5, 5.41) is 14.4. The number of fused-ring (bicyclic) bond motifs is 1. The van der Waals surface area contributed by atoms with Crippen molar-refractivity contribution in [3.63, 3.8) is 0 Å². The number of ether oxygens (including phenoxy) is 2. The maximum absolute atomic E-state index is 9.67. The van der Waals surface area contributed by atoms with E-state index in [1.807, 2.05) is 30.0 Å². The highest BCUT2D eigenvalue weighted by molar-refractivity contribution is 9.10. The van der Waals surface area contributed by atoms with Crippen molar-refractivity contribution in [1.29, 1.82) is 5.26 Å². The summed E-state index contributed by atoms with van der Waals surface area (Å²) in [7, 11) is 1.61. The van der Waals surface area contributed by atoms with E-state index in [-0.39, 0.29) is 0 Å². The molecule has 1 saturated heterocycles. The van der Waals surface area contributed by atoms with Crippen molar-refractivity contribution in [3.8, 4) is 17.6 Å². The maximum Gasteiger partial charge on any atom is 0.163 e. The molecule has 0 radical (unpaired) electrons. The van der Waals surface area contributed by atoms with Gasteiger partial charge in [-0.15, -0.1) is 0 Å². The average molecular weight is 534 g/mol. The van der Waals surface area contributed by atoms with E-state index in [1.165, 1.54) is 11.5 Å². The van der Waals surface area contributed by atoms with E-state index >= 15 is 0 Å². The van der Waals surface area contributed by atoms with Gasteiger partial charge in [-0.2, -0.15) is 17.0 Å². The molecule has 1 aliphatic heterocycles. The van der Waals surface area contributed by atoms with Crippen LogP contribution in [0.15, 0.2) is 41.0 Å². The van der Waals surface area contributed by atoms with Gasteiger partial charge in [-0.3, -0.25) is 9.88 Å². The molecule has 3 aromatic rings. The first-order valence-corrected chi connectivity index (χ1v) is 12.5. The number of rotatable bonds is 7. The third-order valence-electron chi connectivity index (χ3n) is 5.23. The number of thioether (sulfide) groups is 1. The monoisotopic (exact) mass is 532 g/mol. The third kappa shape index (κ3) is 5.24. The number of hydrogen-bond acceptors (Lipinski definition) is 7. The van der Waals surface area contributed by atoms with E-state index in [9.17, 15) is 5.26 Å². The number of benzene rings is 2. The summed E-state index contributed by atoms with van der Waals surface area (Å²) >= 11 is 11.6. The zero-order valence-corrected chi connectivity index (χ0v) is 20.7. The summed E-state index contributed by atoms with van der Waals surface area (Å²) in [6.45, 7) is 3.64. The fourth-order valence-corrected chi connectivity index (χ4v) is 5.29. The Kier molecular flexibility index (Phi) is 7.63. The predicted octanol–water partition coefficient (Wildman–Crippen LogP) is 5.70. The normalized spacial score (nSPS) is 14.2. The van der Waals surface area contributed by atoms with E-state index < -0.39 is 0 Å². The molecular formula is C23H22BrClN4O2S. The van der Waals surface area contributed by atoms with Gasteiger partial charge in [0.2, 0.25) is 0 Å². The van der Waals surface area contributed by atoms with Gasteiger partial charge >= 0.3 is 0 Å². The SMILES string of the molecule is COc1cc2c(Nc3ccc(Cl)cc3Br)c(C#N)cnc2cc1OCCN1CCSCC1. The standard InChI is InChI=1S/C23H22BrClN4O2S/c1-30-21-11-17-20(12-22(21)31-7-4-29-5-8-32-9-6-29)27-14-15(13-26)23(17)28-19-3-2-16(25)10-18(19)24/h2-3,10-12,14H,4-9H2,1H3,(H,27,28). The van der Waals surface area contributed by atoms with Crippen LogP contribution in [0.25, 0.3) is 10.9 Å². The lowest BCUT2D eigenvalue weighted by molar-refractivity contribution is 0.217. The van der Waals surface area contributed by atoms with Gasteiger partial charge in [-0.25, -0.2) is 0 Å². The molecule has 1 fully saturated rings. The van der Waals surface area contributed by atoms with E-state index in [1.54, 1.807) is 25.4 Å². The van der Waals surface area contributed by atoms with Crippen LogP contribution in [0.5, 0.6) is 11.5 Å². The molecule has 2 heterocycles. The highest BCUT2D eigenvalue weighted by Crippen LogP contribution is 2.38. The highest BCUT2D eigenvalue weighted by Gasteiger charge is 2.16. The molecule has 0 aliphatic carbocycles. The van der Waals surface area contributed by atoms with Gasteiger partial charge < -0.3 is 14.8 Å². The minimum Gasteiger partial charge on any atom is -0.493 e. The molecule has 0 spiro atoms. The van der Waals surface area contributed by atoms with Gasteiger partial charge in [0.1, 0.15) is 12.7 Å². The lowest BCUT2D eigenvalue weighted by atomic mass is 10.1. The van der Waals surface area contributed by atoms with Gasteiger partial charge in [0.25, 0.3) is 0 Å². The summed E-state index contributed by atoms with van der Waals surface area (Å²) in [6.07, 6.45) is 1.57. The second kappa shape index (κ2) is 10.6. The van der Waals surface area contributed by atoms with Crippen molar-refractivity contribution < 1.29 is 9.47 Å². The number of pyridine rings is 1. The van der Waals surface area contributed by atoms with E-state index in [0.717, 1.165) is 35.2 Å². The fraction of sp³-hybridized carbons (Fsp3) is 0.304. The van der Waals surface area contributed by atoms with Gasteiger partial charge in [-0.05, 0) is 40.2 Å². The summed E-state index contributed by atoms with van der Waals surface area (Å²) in [5.41, 5.74) is 2.58. The van der Waals surface area contributed by atoms with Crippen LogP contribution in [-0.2, 0) is 0 Å². The molecule has 0 bridgehead atoms. The van der Waals surface area contributed by atoms with Crippen molar-refractivity contribution in [2.75, 3.05) is 50.2 Å². The number of methoxy groups -OCH3 is 1. The van der Waals surface area contributed by atoms with Crippen LogP contribution in [-0.4, -0.2) is 54.7 Å². The molecule has 0 saturated carbocycles. The van der Waals surface area contributed by atoms with Gasteiger partial charge in [0.15, 0.2) is 11.5 Å².